The highest BCUT2D eigenvalue weighted by atomic mass is 35.5. The van der Waals surface area contributed by atoms with Crippen LogP contribution in [-0.2, 0) is 21.4 Å². The third kappa shape index (κ3) is 3.88. The normalized spacial score (nSPS) is 27.0. The highest BCUT2D eigenvalue weighted by molar-refractivity contribution is 6.00. The Hall–Kier alpha value is -1.64. The molecule has 2 aliphatic rings. The topological polar surface area (TPSA) is 102 Å². The number of piperidine rings is 1. The van der Waals surface area contributed by atoms with Crippen molar-refractivity contribution in [2.24, 2.45) is 12.8 Å². The van der Waals surface area contributed by atoms with Gasteiger partial charge >= 0.3 is 0 Å². The van der Waals surface area contributed by atoms with E-state index in [2.05, 4.69) is 10.4 Å². The zero-order valence-corrected chi connectivity index (χ0v) is 14.5. The maximum absolute atomic E-state index is 12.6. The van der Waals surface area contributed by atoms with Crippen LogP contribution in [0.4, 0.5) is 5.69 Å². The van der Waals surface area contributed by atoms with E-state index in [4.69, 9.17) is 10.5 Å². The second kappa shape index (κ2) is 7.96. The number of carbonyl (C=O) groups excluding carboxylic acids is 2. The third-order valence-electron chi connectivity index (χ3n) is 4.42. The molecule has 2 fully saturated rings. The number of nitrogens with one attached hydrogen (secondary N) is 1. The fourth-order valence-corrected chi connectivity index (χ4v) is 3.15. The number of nitrogens with zero attached hydrogens (tertiary/aromatic N) is 3. The van der Waals surface area contributed by atoms with Crippen LogP contribution in [-0.4, -0.2) is 52.9 Å². The number of hydrogen-bond donors (Lipinski definition) is 2. The van der Waals surface area contributed by atoms with E-state index >= 15 is 0 Å². The number of rotatable bonds is 4. The summed E-state index contributed by atoms with van der Waals surface area (Å²) in [6.07, 6.45) is 5.83. The average molecular weight is 358 g/mol. The highest BCUT2D eigenvalue weighted by Gasteiger charge is 2.35. The lowest BCUT2D eigenvalue weighted by Crippen LogP contribution is -2.54. The van der Waals surface area contributed by atoms with Gasteiger partial charge in [-0.05, 0) is 25.7 Å². The lowest BCUT2D eigenvalue weighted by molar-refractivity contribution is -0.135. The summed E-state index contributed by atoms with van der Waals surface area (Å²) in [5, 5.41) is 6.94. The largest absolute Gasteiger partial charge is 0.364 e. The van der Waals surface area contributed by atoms with Crippen molar-refractivity contribution in [1.29, 1.82) is 0 Å². The van der Waals surface area contributed by atoms with Gasteiger partial charge in [0.15, 0.2) is 0 Å². The molecule has 3 rings (SSSR count). The van der Waals surface area contributed by atoms with E-state index in [0.29, 0.717) is 25.9 Å². The average Bonchev–Trinajstić information content (AvgIpc) is 3.18. The Kier molecular flexibility index (Phi) is 6.20. The number of aromatic nitrogens is 2. The number of aryl methyl sites for hydroxylation is 1. The van der Waals surface area contributed by atoms with E-state index in [1.807, 2.05) is 7.05 Å². The molecule has 24 heavy (non-hydrogen) atoms. The molecule has 0 radical (unpaired) electrons. The zero-order chi connectivity index (χ0) is 16.4. The van der Waals surface area contributed by atoms with Crippen LogP contribution in [0.1, 0.15) is 25.7 Å². The van der Waals surface area contributed by atoms with Gasteiger partial charge in [-0.15, -0.1) is 12.4 Å². The molecule has 2 aliphatic heterocycles. The first-order chi connectivity index (χ1) is 11.1. The van der Waals surface area contributed by atoms with Gasteiger partial charge in [0.2, 0.25) is 11.8 Å². The van der Waals surface area contributed by atoms with Gasteiger partial charge in [-0.3, -0.25) is 14.3 Å². The fraction of sp³-hybridized carbons (Fsp3) is 0.667. The molecule has 0 spiro atoms. The Bertz CT molecular complexity index is 593. The molecule has 1 aromatic heterocycles. The Morgan fingerprint density at radius 3 is 2.88 bits per heavy atom. The van der Waals surface area contributed by atoms with Crippen molar-refractivity contribution in [3.8, 4) is 0 Å². The Labute approximate surface area is 147 Å². The first-order valence-corrected chi connectivity index (χ1v) is 8.04. The van der Waals surface area contributed by atoms with E-state index < -0.39 is 12.1 Å². The molecule has 2 amide bonds. The second-order valence-corrected chi connectivity index (χ2v) is 6.13. The molecule has 0 saturated carbocycles. The molecular formula is C15H24ClN5O3. The second-order valence-electron chi connectivity index (χ2n) is 6.13. The maximum atomic E-state index is 12.6. The van der Waals surface area contributed by atoms with Crippen LogP contribution in [0.5, 0.6) is 0 Å². The van der Waals surface area contributed by atoms with Gasteiger partial charge in [0.1, 0.15) is 12.1 Å². The minimum Gasteiger partial charge on any atom is -0.364 e. The fourth-order valence-electron chi connectivity index (χ4n) is 3.15. The number of anilines is 1. The summed E-state index contributed by atoms with van der Waals surface area (Å²) in [5.74, 6) is -0.307. The van der Waals surface area contributed by atoms with Crippen LogP contribution < -0.4 is 16.0 Å². The molecule has 8 nitrogen and oxygen atoms in total. The van der Waals surface area contributed by atoms with Crippen LogP contribution in [0, 0.1) is 0 Å². The quantitative estimate of drug-likeness (QED) is 0.787. The number of halogens is 1. The predicted octanol–water partition coefficient (Wildman–Crippen LogP) is -0.0402. The molecule has 3 heterocycles. The lowest BCUT2D eigenvalue weighted by Gasteiger charge is -2.32. The first-order valence-electron chi connectivity index (χ1n) is 8.04. The van der Waals surface area contributed by atoms with Crippen molar-refractivity contribution in [3.05, 3.63) is 12.4 Å². The van der Waals surface area contributed by atoms with Crippen molar-refractivity contribution in [3.63, 3.8) is 0 Å². The maximum Gasteiger partial charge on any atom is 0.249 e. The minimum absolute atomic E-state index is 0. The lowest BCUT2D eigenvalue weighted by atomic mass is 10.0. The van der Waals surface area contributed by atoms with E-state index in [1.54, 1.807) is 22.0 Å². The number of amides is 2. The van der Waals surface area contributed by atoms with Crippen LogP contribution >= 0.6 is 12.4 Å². The number of nitrogens with two attached hydrogens (primary N) is 1. The van der Waals surface area contributed by atoms with Crippen molar-refractivity contribution in [2.75, 3.05) is 18.0 Å². The summed E-state index contributed by atoms with van der Waals surface area (Å²) in [6, 6.07) is -0.503. The molecule has 0 bridgehead atoms. The standard InChI is InChI=1S/C15H23N5O3.ClH/c1-19-9-10(8-17-19)20-6-2-3-12(15(20)22)18-14(21)13-5-4-11(7-16)23-13;/h8-9,11-13H,2-7,16H2,1H3,(H,18,21);1H/t11-,12?,13+;/m1./s1. The summed E-state index contributed by atoms with van der Waals surface area (Å²) in [6.45, 7) is 1.06. The third-order valence-corrected chi connectivity index (χ3v) is 4.42. The number of hydrogen-bond acceptors (Lipinski definition) is 5. The van der Waals surface area contributed by atoms with Gasteiger partial charge in [-0.1, -0.05) is 0 Å². The van der Waals surface area contributed by atoms with Crippen molar-refractivity contribution in [1.82, 2.24) is 15.1 Å². The van der Waals surface area contributed by atoms with Gasteiger partial charge < -0.3 is 20.7 Å². The molecule has 9 heteroatoms. The Morgan fingerprint density at radius 2 is 2.25 bits per heavy atom. The zero-order valence-electron chi connectivity index (χ0n) is 13.7. The van der Waals surface area contributed by atoms with Crippen LogP contribution in [0.15, 0.2) is 12.4 Å². The summed E-state index contributed by atoms with van der Waals surface area (Å²) < 4.78 is 7.25. The van der Waals surface area contributed by atoms with Gasteiger partial charge in [-0.25, -0.2) is 0 Å². The van der Waals surface area contributed by atoms with E-state index in [9.17, 15) is 9.59 Å². The summed E-state index contributed by atoms with van der Waals surface area (Å²) in [4.78, 5) is 26.6. The molecule has 134 valence electrons. The molecule has 1 unspecified atom stereocenters. The van der Waals surface area contributed by atoms with Crippen LogP contribution in [0.25, 0.3) is 0 Å². The molecule has 0 aromatic carbocycles. The SMILES string of the molecule is Cl.Cn1cc(N2CCCC(NC(=O)[C@@H]3CC[C@H](CN)O3)C2=O)cn1. The van der Waals surface area contributed by atoms with Gasteiger partial charge in [0, 0.05) is 26.3 Å². The molecule has 3 atom stereocenters. The van der Waals surface area contributed by atoms with Gasteiger partial charge in [-0.2, -0.15) is 5.10 Å². The summed E-state index contributed by atoms with van der Waals surface area (Å²) >= 11 is 0. The monoisotopic (exact) mass is 357 g/mol. The van der Waals surface area contributed by atoms with Crippen LogP contribution in [0.2, 0.25) is 0 Å². The minimum atomic E-state index is -0.503. The van der Waals surface area contributed by atoms with Crippen molar-refractivity contribution in [2.45, 2.75) is 43.9 Å². The summed E-state index contributed by atoms with van der Waals surface area (Å²) in [7, 11) is 1.81. The molecule has 3 N–H and O–H groups in total. The van der Waals surface area contributed by atoms with Gasteiger partial charge in [0.25, 0.3) is 0 Å². The highest BCUT2D eigenvalue weighted by Crippen LogP contribution is 2.22. The smallest absolute Gasteiger partial charge is 0.249 e. The van der Waals surface area contributed by atoms with Crippen molar-refractivity contribution < 1.29 is 14.3 Å². The van der Waals surface area contributed by atoms with E-state index in [1.165, 1.54) is 0 Å². The van der Waals surface area contributed by atoms with E-state index in [0.717, 1.165) is 18.5 Å². The first kappa shape index (κ1) is 18.7. The van der Waals surface area contributed by atoms with Crippen molar-refractivity contribution >= 4 is 29.9 Å². The Balaban J connectivity index is 0.00000208. The molecule has 1 aromatic rings. The van der Waals surface area contributed by atoms with Crippen LogP contribution in [0.3, 0.4) is 0 Å². The predicted molar refractivity (Wildman–Crippen MR) is 90.9 cm³/mol. The Morgan fingerprint density at radius 1 is 1.46 bits per heavy atom. The summed E-state index contributed by atoms with van der Waals surface area (Å²) in [5.41, 5.74) is 6.32. The molecule has 2 saturated heterocycles. The van der Waals surface area contributed by atoms with E-state index in [-0.39, 0.29) is 30.3 Å². The van der Waals surface area contributed by atoms with Gasteiger partial charge in [0.05, 0.1) is 18.0 Å². The molecule has 0 aliphatic carbocycles. The number of carbonyl (C=O) groups is 2. The molecular weight excluding hydrogens is 334 g/mol. The number of ether oxygens (including phenoxy) is 1.